The fraction of sp³-hybridized carbons (Fsp3) is 0.263. The van der Waals surface area contributed by atoms with Crippen LogP contribution in [0.1, 0.15) is 17.0 Å². The van der Waals surface area contributed by atoms with Crippen molar-refractivity contribution >= 4 is 12.2 Å². The summed E-state index contributed by atoms with van der Waals surface area (Å²) in [5.74, 6) is -0.327. The zero-order valence-corrected chi connectivity index (χ0v) is 17.0. The van der Waals surface area contributed by atoms with Crippen LogP contribution in [0.3, 0.4) is 0 Å². The molecule has 3 rings (SSSR count). The van der Waals surface area contributed by atoms with Crippen LogP contribution in [0.25, 0.3) is 11.3 Å². The molecule has 1 aromatic carbocycles. The number of halogens is 4. The van der Waals surface area contributed by atoms with E-state index < -0.39 is 23.8 Å². The summed E-state index contributed by atoms with van der Waals surface area (Å²) in [6.45, 7) is 1.57. The minimum absolute atomic E-state index is 0.0234. The van der Waals surface area contributed by atoms with E-state index in [1.807, 2.05) is 0 Å². The normalized spacial score (nSPS) is 11.7. The maximum absolute atomic E-state index is 14.0. The molecule has 3 aromatic rings. The van der Waals surface area contributed by atoms with E-state index in [0.29, 0.717) is 22.8 Å². The molecule has 31 heavy (non-hydrogen) atoms. The Morgan fingerprint density at radius 2 is 1.81 bits per heavy atom. The van der Waals surface area contributed by atoms with E-state index >= 15 is 0 Å². The van der Waals surface area contributed by atoms with E-state index in [1.54, 1.807) is 13.0 Å². The Labute approximate surface area is 174 Å². The first-order valence-corrected chi connectivity index (χ1v) is 8.81. The molecule has 0 unspecified atom stereocenters. The van der Waals surface area contributed by atoms with Crippen molar-refractivity contribution in [3.05, 3.63) is 47.2 Å². The van der Waals surface area contributed by atoms with E-state index in [0.717, 1.165) is 17.0 Å². The molecule has 0 fully saturated rings. The summed E-state index contributed by atoms with van der Waals surface area (Å²) < 4.78 is 65.4. The van der Waals surface area contributed by atoms with Crippen molar-refractivity contribution in [3.8, 4) is 22.8 Å². The number of aryl methyl sites for hydroxylation is 2. The molecule has 0 spiro atoms. The number of hydrazone groups is 1. The molecular formula is C19H18F4N6O2. The molecule has 2 aromatic heterocycles. The molecule has 0 saturated heterocycles. The molecule has 12 heteroatoms. The molecule has 0 amide bonds. The number of hydrogen-bond donors (Lipinski definition) is 1. The number of anilines is 1. The molecule has 2 heterocycles. The van der Waals surface area contributed by atoms with Crippen molar-refractivity contribution in [2.45, 2.75) is 13.1 Å². The van der Waals surface area contributed by atoms with Crippen molar-refractivity contribution < 1.29 is 27.0 Å². The SMILES string of the molecule is COc1ccc(-c2cc(C(F)(F)F)nc(N/N=C\c3c(C)nn(C)c3F)n2)cc1OC. The highest BCUT2D eigenvalue weighted by Gasteiger charge is 2.34. The second-order valence-corrected chi connectivity index (χ2v) is 6.31. The summed E-state index contributed by atoms with van der Waals surface area (Å²) in [6, 6.07) is 5.37. The maximum atomic E-state index is 14.0. The van der Waals surface area contributed by atoms with E-state index in [4.69, 9.17) is 9.47 Å². The second-order valence-electron chi connectivity index (χ2n) is 6.31. The quantitative estimate of drug-likeness (QED) is 0.358. The number of aromatic nitrogens is 4. The third-order valence-electron chi connectivity index (χ3n) is 4.25. The van der Waals surface area contributed by atoms with Crippen LogP contribution in [-0.2, 0) is 13.2 Å². The number of ether oxygens (including phenoxy) is 2. The van der Waals surface area contributed by atoms with E-state index in [9.17, 15) is 17.6 Å². The van der Waals surface area contributed by atoms with Gasteiger partial charge in [0.2, 0.25) is 11.9 Å². The van der Waals surface area contributed by atoms with E-state index in [2.05, 4.69) is 25.6 Å². The van der Waals surface area contributed by atoms with Gasteiger partial charge < -0.3 is 9.47 Å². The lowest BCUT2D eigenvalue weighted by Gasteiger charge is -2.12. The predicted molar refractivity (Wildman–Crippen MR) is 105 cm³/mol. The van der Waals surface area contributed by atoms with Crippen molar-refractivity contribution in [2.75, 3.05) is 19.6 Å². The van der Waals surface area contributed by atoms with Crippen molar-refractivity contribution in [3.63, 3.8) is 0 Å². The Kier molecular flexibility index (Phi) is 6.09. The fourth-order valence-electron chi connectivity index (χ4n) is 2.73. The first-order valence-electron chi connectivity index (χ1n) is 8.81. The largest absolute Gasteiger partial charge is 0.493 e. The van der Waals surface area contributed by atoms with Crippen molar-refractivity contribution in [1.29, 1.82) is 0 Å². The van der Waals surface area contributed by atoms with Crippen molar-refractivity contribution in [1.82, 2.24) is 19.7 Å². The van der Waals surface area contributed by atoms with Gasteiger partial charge in [-0.1, -0.05) is 0 Å². The number of hydrogen-bond acceptors (Lipinski definition) is 7. The van der Waals surface area contributed by atoms with Gasteiger partial charge in [0.1, 0.15) is 0 Å². The number of methoxy groups -OCH3 is 2. The van der Waals surface area contributed by atoms with E-state index in [-0.39, 0.29) is 11.3 Å². The zero-order chi connectivity index (χ0) is 22.8. The predicted octanol–water partition coefficient (Wildman–Crippen LogP) is 3.81. The Balaban J connectivity index is 1.99. The van der Waals surface area contributed by atoms with Gasteiger partial charge >= 0.3 is 6.18 Å². The summed E-state index contributed by atoms with van der Waals surface area (Å²) in [4.78, 5) is 7.54. The summed E-state index contributed by atoms with van der Waals surface area (Å²) in [5, 5.41) is 7.65. The number of benzene rings is 1. The molecule has 0 aliphatic carbocycles. The molecule has 0 aliphatic heterocycles. The molecule has 1 N–H and O–H groups in total. The van der Waals surface area contributed by atoms with Gasteiger partial charge in [-0.25, -0.2) is 20.1 Å². The Morgan fingerprint density at radius 3 is 2.39 bits per heavy atom. The molecular weight excluding hydrogens is 420 g/mol. The number of alkyl halides is 3. The van der Waals surface area contributed by atoms with Crippen LogP contribution >= 0.6 is 0 Å². The van der Waals surface area contributed by atoms with E-state index in [1.165, 1.54) is 33.4 Å². The summed E-state index contributed by atoms with van der Waals surface area (Å²) in [6.07, 6.45) is -3.63. The van der Waals surface area contributed by atoms with Gasteiger partial charge in [0, 0.05) is 12.6 Å². The van der Waals surface area contributed by atoms with Gasteiger partial charge in [-0.3, -0.25) is 0 Å². The van der Waals surface area contributed by atoms with Crippen LogP contribution in [0.4, 0.5) is 23.5 Å². The first-order chi connectivity index (χ1) is 14.6. The molecule has 0 saturated carbocycles. The minimum atomic E-state index is -4.72. The highest BCUT2D eigenvalue weighted by Crippen LogP contribution is 2.34. The third kappa shape index (κ3) is 4.73. The number of rotatable bonds is 6. The summed E-state index contributed by atoms with van der Waals surface area (Å²) >= 11 is 0. The average Bonchev–Trinajstić information content (AvgIpc) is 2.98. The van der Waals surface area contributed by atoms with Gasteiger partial charge in [0.15, 0.2) is 17.2 Å². The lowest BCUT2D eigenvalue weighted by atomic mass is 10.1. The highest BCUT2D eigenvalue weighted by atomic mass is 19.4. The Bertz CT molecular complexity index is 1130. The third-order valence-corrected chi connectivity index (χ3v) is 4.25. The highest BCUT2D eigenvalue weighted by molar-refractivity contribution is 5.81. The molecule has 0 atom stereocenters. The summed E-state index contributed by atoms with van der Waals surface area (Å²) in [5.41, 5.74) is 1.91. The smallest absolute Gasteiger partial charge is 0.433 e. The average molecular weight is 438 g/mol. The van der Waals surface area contributed by atoms with Gasteiger partial charge in [0.05, 0.1) is 37.4 Å². The monoisotopic (exact) mass is 438 g/mol. The molecule has 0 aliphatic rings. The fourth-order valence-corrected chi connectivity index (χ4v) is 2.73. The maximum Gasteiger partial charge on any atom is 0.433 e. The second kappa shape index (κ2) is 8.58. The van der Waals surface area contributed by atoms with Gasteiger partial charge in [-0.15, -0.1) is 0 Å². The molecule has 164 valence electrons. The van der Waals surface area contributed by atoms with Gasteiger partial charge in [0.25, 0.3) is 0 Å². The topological polar surface area (TPSA) is 86.5 Å². The Hall–Kier alpha value is -3.70. The van der Waals surface area contributed by atoms with Gasteiger partial charge in [-0.05, 0) is 31.2 Å². The van der Waals surface area contributed by atoms with Crippen LogP contribution in [0, 0.1) is 12.9 Å². The summed E-state index contributed by atoms with van der Waals surface area (Å²) in [7, 11) is 4.26. The van der Waals surface area contributed by atoms with Gasteiger partial charge in [-0.2, -0.15) is 27.8 Å². The molecule has 0 radical (unpaired) electrons. The standard InChI is InChI=1S/C19H18F4N6O2/c1-10-12(17(20)29(2)28-10)9-24-27-18-25-13(8-16(26-18)19(21,22)23)11-5-6-14(30-3)15(7-11)31-4/h5-9H,1-4H3,(H,25,26,27)/b24-9-. The van der Waals surface area contributed by atoms with Crippen LogP contribution in [0.5, 0.6) is 11.5 Å². The molecule has 8 nitrogen and oxygen atoms in total. The van der Waals surface area contributed by atoms with Crippen LogP contribution < -0.4 is 14.9 Å². The van der Waals surface area contributed by atoms with Crippen molar-refractivity contribution in [2.24, 2.45) is 12.1 Å². The van der Waals surface area contributed by atoms with Crippen LogP contribution in [-0.4, -0.2) is 40.2 Å². The lowest BCUT2D eigenvalue weighted by molar-refractivity contribution is -0.141. The van der Waals surface area contributed by atoms with Crippen LogP contribution in [0.2, 0.25) is 0 Å². The number of nitrogens with zero attached hydrogens (tertiary/aromatic N) is 5. The number of nitrogens with one attached hydrogen (secondary N) is 1. The first kappa shape index (κ1) is 22.0. The zero-order valence-electron chi connectivity index (χ0n) is 17.0. The minimum Gasteiger partial charge on any atom is -0.493 e. The van der Waals surface area contributed by atoms with Crippen LogP contribution in [0.15, 0.2) is 29.4 Å². The Morgan fingerprint density at radius 1 is 1.10 bits per heavy atom. The molecule has 0 bridgehead atoms. The lowest BCUT2D eigenvalue weighted by Crippen LogP contribution is -2.11.